The molecule has 0 spiro atoms. The fraction of sp³-hybridized carbons (Fsp3) is 0.417. The topological polar surface area (TPSA) is 29.1 Å². The summed E-state index contributed by atoms with van der Waals surface area (Å²) in [7, 11) is 0. The predicted octanol–water partition coefficient (Wildman–Crippen LogP) is 2.18. The molecule has 1 rings (SSSR count). The van der Waals surface area contributed by atoms with Gasteiger partial charge < -0.3 is 5.32 Å². The summed E-state index contributed by atoms with van der Waals surface area (Å²) in [5, 5.41) is 3.15. The first-order valence-electron chi connectivity index (χ1n) is 5.05. The number of carbonyl (C=O) groups excluding carboxylic acids is 1. The molecule has 76 valence electrons. The van der Waals surface area contributed by atoms with Crippen molar-refractivity contribution in [2.45, 2.75) is 20.3 Å². The second-order valence-corrected chi connectivity index (χ2v) is 3.34. The molecular formula is C12H17NO. The lowest BCUT2D eigenvalue weighted by Crippen LogP contribution is -2.17. The van der Waals surface area contributed by atoms with Crippen LogP contribution in [0.15, 0.2) is 24.3 Å². The number of hydrogen-bond acceptors (Lipinski definition) is 2. The van der Waals surface area contributed by atoms with E-state index in [9.17, 15) is 4.79 Å². The Balaban J connectivity index is 2.56. The molecule has 0 aromatic heterocycles. The zero-order valence-corrected chi connectivity index (χ0v) is 8.84. The lowest BCUT2D eigenvalue weighted by Gasteiger charge is -2.04. The van der Waals surface area contributed by atoms with E-state index in [0.717, 1.165) is 24.2 Å². The van der Waals surface area contributed by atoms with Crippen molar-refractivity contribution < 1.29 is 4.79 Å². The largest absolute Gasteiger partial charge is 0.317 e. The number of benzene rings is 1. The highest BCUT2D eigenvalue weighted by Gasteiger charge is 2.06. The molecule has 1 aromatic rings. The molecule has 1 N–H and O–H groups in total. The maximum absolute atomic E-state index is 11.7. The Bertz CT molecular complexity index is 307. The van der Waals surface area contributed by atoms with Gasteiger partial charge in [0.2, 0.25) is 0 Å². The molecule has 2 nitrogen and oxygen atoms in total. The third-order valence-corrected chi connectivity index (χ3v) is 2.22. The Hall–Kier alpha value is -1.15. The fourth-order valence-corrected chi connectivity index (χ4v) is 1.40. The molecule has 0 saturated carbocycles. The smallest absolute Gasteiger partial charge is 0.164 e. The number of nitrogens with one attached hydrogen (secondary N) is 1. The van der Waals surface area contributed by atoms with Gasteiger partial charge in [0.1, 0.15) is 0 Å². The molecule has 0 aliphatic rings. The molecule has 1 aromatic carbocycles. The number of rotatable bonds is 5. The van der Waals surface area contributed by atoms with Crippen LogP contribution in [0, 0.1) is 6.92 Å². The van der Waals surface area contributed by atoms with E-state index >= 15 is 0 Å². The molecule has 0 heterocycles. The highest BCUT2D eigenvalue weighted by molar-refractivity contribution is 5.97. The van der Waals surface area contributed by atoms with Crippen LogP contribution < -0.4 is 5.32 Å². The average molecular weight is 191 g/mol. The van der Waals surface area contributed by atoms with Gasteiger partial charge >= 0.3 is 0 Å². The third-order valence-electron chi connectivity index (χ3n) is 2.22. The van der Waals surface area contributed by atoms with Crippen LogP contribution >= 0.6 is 0 Å². The SMILES string of the molecule is CCNCCC(=O)c1ccccc1C. The van der Waals surface area contributed by atoms with Gasteiger partial charge in [0.15, 0.2) is 5.78 Å². The molecule has 0 amide bonds. The third kappa shape index (κ3) is 2.96. The van der Waals surface area contributed by atoms with Crippen LogP contribution in [0.3, 0.4) is 0 Å². The van der Waals surface area contributed by atoms with Gasteiger partial charge in [0, 0.05) is 18.5 Å². The van der Waals surface area contributed by atoms with E-state index in [1.54, 1.807) is 0 Å². The van der Waals surface area contributed by atoms with Gasteiger partial charge in [-0.15, -0.1) is 0 Å². The van der Waals surface area contributed by atoms with Crippen LogP contribution in [0.4, 0.5) is 0 Å². The van der Waals surface area contributed by atoms with Crippen molar-refractivity contribution in [3.8, 4) is 0 Å². The normalized spacial score (nSPS) is 10.1. The monoisotopic (exact) mass is 191 g/mol. The molecule has 0 aliphatic carbocycles. The standard InChI is InChI=1S/C12H17NO/c1-3-13-9-8-12(14)11-7-5-4-6-10(11)2/h4-7,13H,3,8-9H2,1-2H3. The minimum absolute atomic E-state index is 0.226. The molecular weight excluding hydrogens is 174 g/mol. The quantitative estimate of drug-likeness (QED) is 0.571. The predicted molar refractivity (Wildman–Crippen MR) is 58.7 cm³/mol. The lowest BCUT2D eigenvalue weighted by atomic mass is 10.0. The Morgan fingerprint density at radius 3 is 2.71 bits per heavy atom. The van der Waals surface area contributed by atoms with Gasteiger partial charge in [0.05, 0.1) is 0 Å². The van der Waals surface area contributed by atoms with Crippen LogP contribution in [-0.2, 0) is 0 Å². The number of Topliss-reactive ketones (excluding diaryl/α,β-unsaturated/α-hetero) is 1. The Kier molecular flexibility index (Phi) is 4.33. The summed E-state index contributed by atoms with van der Waals surface area (Å²) in [5.74, 6) is 0.226. The van der Waals surface area contributed by atoms with Crippen molar-refractivity contribution in [1.29, 1.82) is 0 Å². The van der Waals surface area contributed by atoms with Crippen LogP contribution in [0.5, 0.6) is 0 Å². The molecule has 0 saturated heterocycles. The van der Waals surface area contributed by atoms with Gasteiger partial charge in [-0.3, -0.25) is 4.79 Å². The highest BCUT2D eigenvalue weighted by atomic mass is 16.1. The van der Waals surface area contributed by atoms with Crippen molar-refractivity contribution >= 4 is 5.78 Å². The van der Waals surface area contributed by atoms with Gasteiger partial charge in [-0.25, -0.2) is 0 Å². The minimum Gasteiger partial charge on any atom is -0.317 e. The fourth-order valence-electron chi connectivity index (χ4n) is 1.40. The van der Waals surface area contributed by atoms with Gasteiger partial charge in [0.25, 0.3) is 0 Å². The molecule has 14 heavy (non-hydrogen) atoms. The summed E-state index contributed by atoms with van der Waals surface area (Å²) in [6.45, 7) is 5.70. The summed E-state index contributed by atoms with van der Waals surface area (Å²) < 4.78 is 0. The minimum atomic E-state index is 0.226. The first-order chi connectivity index (χ1) is 6.75. The number of aryl methyl sites for hydroxylation is 1. The number of carbonyl (C=O) groups is 1. The van der Waals surface area contributed by atoms with E-state index in [4.69, 9.17) is 0 Å². The Morgan fingerprint density at radius 1 is 1.36 bits per heavy atom. The molecule has 0 fully saturated rings. The second-order valence-electron chi connectivity index (χ2n) is 3.34. The highest BCUT2D eigenvalue weighted by Crippen LogP contribution is 2.09. The van der Waals surface area contributed by atoms with Gasteiger partial charge in [-0.2, -0.15) is 0 Å². The Morgan fingerprint density at radius 2 is 2.07 bits per heavy atom. The van der Waals surface area contributed by atoms with Gasteiger partial charge in [-0.1, -0.05) is 31.2 Å². The van der Waals surface area contributed by atoms with Crippen molar-refractivity contribution in [3.63, 3.8) is 0 Å². The van der Waals surface area contributed by atoms with Crippen molar-refractivity contribution in [2.24, 2.45) is 0 Å². The number of ketones is 1. The maximum Gasteiger partial charge on any atom is 0.164 e. The van der Waals surface area contributed by atoms with Crippen molar-refractivity contribution in [3.05, 3.63) is 35.4 Å². The molecule has 0 aliphatic heterocycles. The van der Waals surface area contributed by atoms with E-state index in [1.165, 1.54) is 0 Å². The van der Waals surface area contributed by atoms with Crippen LogP contribution in [0.2, 0.25) is 0 Å². The van der Waals surface area contributed by atoms with Crippen molar-refractivity contribution in [1.82, 2.24) is 5.32 Å². The summed E-state index contributed by atoms with van der Waals surface area (Å²) in [6, 6.07) is 7.73. The van der Waals surface area contributed by atoms with E-state index in [1.807, 2.05) is 38.1 Å². The van der Waals surface area contributed by atoms with Crippen molar-refractivity contribution in [2.75, 3.05) is 13.1 Å². The summed E-state index contributed by atoms with van der Waals surface area (Å²) >= 11 is 0. The zero-order valence-electron chi connectivity index (χ0n) is 8.84. The zero-order chi connectivity index (χ0) is 10.4. The van der Waals surface area contributed by atoms with E-state index in [-0.39, 0.29) is 5.78 Å². The van der Waals surface area contributed by atoms with E-state index < -0.39 is 0 Å². The first kappa shape index (κ1) is 10.9. The summed E-state index contributed by atoms with van der Waals surface area (Å²) in [6.07, 6.45) is 0.582. The van der Waals surface area contributed by atoms with Crippen LogP contribution in [0.25, 0.3) is 0 Å². The summed E-state index contributed by atoms with van der Waals surface area (Å²) in [4.78, 5) is 11.7. The average Bonchev–Trinajstić information content (AvgIpc) is 2.18. The first-order valence-corrected chi connectivity index (χ1v) is 5.05. The second kappa shape index (κ2) is 5.55. The molecule has 0 radical (unpaired) electrons. The molecule has 0 unspecified atom stereocenters. The Labute approximate surface area is 85.3 Å². The molecule has 0 atom stereocenters. The van der Waals surface area contributed by atoms with E-state index in [0.29, 0.717) is 6.42 Å². The van der Waals surface area contributed by atoms with Crippen LogP contribution in [-0.4, -0.2) is 18.9 Å². The summed E-state index contributed by atoms with van der Waals surface area (Å²) in [5.41, 5.74) is 1.92. The van der Waals surface area contributed by atoms with E-state index in [2.05, 4.69) is 5.32 Å². The molecule has 0 bridgehead atoms. The van der Waals surface area contributed by atoms with Crippen LogP contribution in [0.1, 0.15) is 29.3 Å². The molecule has 2 heteroatoms. The number of hydrogen-bond donors (Lipinski definition) is 1. The van der Waals surface area contributed by atoms with Gasteiger partial charge in [-0.05, 0) is 19.0 Å². The lowest BCUT2D eigenvalue weighted by molar-refractivity contribution is 0.0982. The maximum atomic E-state index is 11.7.